The van der Waals surface area contributed by atoms with Crippen molar-refractivity contribution in [3.05, 3.63) is 66.4 Å². The summed E-state index contributed by atoms with van der Waals surface area (Å²) in [5, 5.41) is 12.0. The van der Waals surface area contributed by atoms with E-state index in [4.69, 9.17) is 9.47 Å². The first-order valence-electron chi connectivity index (χ1n) is 8.15. The van der Waals surface area contributed by atoms with Gasteiger partial charge in [0.2, 0.25) is 0 Å². The number of benzene rings is 2. The maximum Gasteiger partial charge on any atom is 0.145 e. The van der Waals surface area contributed by atoms with E-state index in [0.29, 0.717) is 19.0 Å². The molecule has 0 N–H and O–H groups in total. The lowest BCUT2D eigenvalue weighted by atomic mass is 10.2. The van der Waals surface area contributed by atoms with Crippen LogP contribution in [0.25, 0.3) is 10.9 Å². The van der Waals surface area contributed by atoms with Gasteiger partial charge >= 0.3 is 0 Å². The molecule has 0 aliphatic carbocycles. The average molecular weight is 336 g/mol. The summed E-state index contributed by atoms with van der Waals surface area (Å²) >= 11 is 0. The van der Waals surface area contributed by atoms with Gasteiger partial charge in [0.15, 0.2) is 0 Å². The number of aromatic nitrogens is 1. The van der Waals surface area contributed by atoms with Crippen LogP contribution in [-0.2, 0) is 0 Å². The lowest BCUT2D eigenvalue weighted by Gasteiger charge is -2.12. The maximum absolute atomic E-state index is 11.0. The average Bonchev–Trinajstić information content (AvgIpc) is 2.65. The van der Waals surface area contributed by atoms with E-state index in [1.54, 1.807) is 24.4 Å². The van der Waals surface area contributed by atoms with Crippen LogP contribution < -0.4 is 14.6 Å². The van der Waals surface area contributed by atoms with Crippen molar-refractivity contribution in [2.75, 3.05) is 13.2 Å². The minimum absolute atomic E-state index is 0.0700. The van der Waals surface area contributed by atoms with Crippen LogP contribution in [0.1, 0.15) is 23.2 Å². The molecule has 1 aromatic heterocycles. The predicted octanol–water partition coefficient (Wildman–Crippen LogP) is 2.84. The number of hydrogen-bond acceptors (Lipinski definition) is 5. The van der Waals surface area contributed by atoms with Crippen LogP contribution in [0.5, 0.6) is 11.5 Å². The summed E-state index contributed by atoms with van der Waals surface area (Å²) in [7, 11) is 0. The number of pyridine rings is 1. The van der Waals surface area contributed by atoms with Gasteiger partial charge in [-0.2, -0.15) is 0 Å². The fourth-order valence-corrected chi connectivity index (χ4v) is 2.52. The fraction of sp³-hybridized carbons (Fsp3) is 0.200. The van der Waals surface area contributed by atoms with Gasteiger partial charge in [-0.05, 0) is 37.1 Å². The molecule has 2 aromatic carbocycles. The van der Waals surface area contributed by atoms with Crippen molar-refractivity contribution in [2.24, 2.45) is 0 Å². The highest BCUT2D eigenvalue weighted by atomic mass is 16.5. The van der Waals surface area contributed by atoms with Crippen molar-refractivity contribution in [1.82, 2.24) is 4.98 Å². The van der Waals surface area contributed by atoms with Gasteiger partial charge in [0.25, 0.3) is 0 Å². The second-order valence-electron chi connectivity index (χ2n) is 5.52. The molecule has 0 amide bonds. The van der Waals surface area contributed by atoms with Gasteiger partial charge in [0.05, 0.1) is 19.2 Å². The Hall–Kier alpha value is -3.08. The highest BCUT2D eigenvalue weighted by Gasteiger charge is 2.04. The second kappa shape index (κ2) is 8.15. The number of para-hydroxylation sites is 2. The number of aromatic carboxylic acids is 1. The van der Waals surface area contributed by atoms with Crippen molar-refractivity contribution >= 4 is 16.9 Å². The van der Waals surface area contributed by atoms with E-state index in [2.05, 4.69) is 4.98 Å². The SMILES string of the molecule is O=C([O-])c1ccccc1OCCCCOc1cccc2cccnc12. The molecule has 0 radical (unpaired) electrons. The first kappa shape index (κ1) is 16.8. The Morgan fingerprint density at radius 2 is 1.56 bits per heavy atom. The molecule has 1 heterocycles. The number of unbranched alkanes of at least 4 members (excludes halogenated alkanes) is 1. The zero-order valence-electron chi connectivity index (χ0n) is 13.7. The van der Waals surface area contributed by atoms with E-state index < -0.39 is 5.97 Å². The van der Waals surface area contributed by atoms with E-state index in [1.807, 2.05) is 30.3 Å². The molecular formula is C20H18NO4-. The first-order chi connectivity index (χ1) is 12.3. The summed E-state index contributed by atoms with van der Waals surface area (Å²) in [6, 6.07) is 16.2. The molecule has 25 heavy (non-hydrogen) atoms. The fourth-order valence-electron chi connectivity index (χ4n) is 2.52. The number of carbonyl (C=O) groups is 1. The van der Waals surface area contributed by atoms with Crippen LogP contribution in [0.2, 0.25) is 0 Å². The Labute approximate surface area is 145 Å². The van der Waals surface area contributed by atoms with Gasteiger partial charge in [-0.25, -0.2) is 0 Å². The predicted molar refractivity (Wildman–Crippen MR) is 92.7 cm³/mol. The van der Waals surface area contributed by atoms with Gasteiger partial charge in [-0.3, -0.25) is 4.98 Å². The summed E-state index contributed by atoms with van der Waals surface area (Å²) in [5.74, 6) is -0.134. The largest absolute Gasteiger partial charge is 0.545 e. The van der Waals surface area contributed by atoms with Crippen molar-refractivity contribution in [1.29, 1.82) is 0 Å². The molecule has 0 aliphatic heterocycles. The van der Waals surface area contributed by atoms with E-state index in [0.717, 1.165) is 29.5 Å². The summed E-state index contributed by atoms with van der Waals surface area (Å²) < 4.78 is 11.3. The summed E-state index contributed by atoms with van der Waals surface area (Å²) in [5.41, 5.74) is 0.921. The highest BCUT2D eigenvalue weighted by molar-refractivity contribution is 5.89. The standard InChI is InChI=1S/C20H19NO4/c22-20(23)16-9-1-2-10-17(16)24-13-3-4-14-25-18-11-5-7-15-8-6-12-21-19(15)18/h1-2,5-12H,3-4,13-14H2,(H,22,23)/p-1. The van der Waals surface area contributed by atoms with Crippen molar-refractivity contribution in [3.8, 4) is 11.5 Å². The molecule has 0 atom stereocenters. The van der Waals surface area contributed by atoms with Gasteiger partial charge in [0, 0.05) is 17.1 Å². The third kappa shape index (κ3) is 4.26. The summed E-state index contributed by atoms with van der Waals surface area (Å²) in [4.78, 5) is 15.4. The molecule has 0 fully saturated rings. The van der Waals surface area contributed by atoms with E-state index in [1.165, 1.54) is 6.07 Å². The molecule has 5 nitrogen and oxygen atoms in total. The normalized spacial score (nSPS) is 10.6. The van der Waals surface area contributed by atoms with Gasteiger partial charge in [-0.1, -0.05) is 30.3 Å². The number of carbonyl (C=O) groups excluding carboxylic acids is 1. The molecule has 0 aliphatic rings. The topological polar surface area (TPSA) is 71.5 Å². The Bertz CT molecular complexity index is 858. The molecular weight excluding hydrogens is 318 g/mol. The number of nitrogens with zero attached hydrogens (tertiary/aromatic N) is 1. The lowest BCUT2D eigenvalue weighted by molar-refractivity contribution is -0.255. The second-order valence-corrected chi connectivity index (χ2v) is 5.52. The van der Waals surface area contributed by atoms with Crippen LogP contribution in [0, 0.1) is 0 Å². The zero-order chi connectivity index (χ0) is 17.5. The molecule has 0 unspecified atom stereocenters. The number of ether oxygens (including phenoxy) is 2. The van der Waals surface area contributed by atoms with Crippen LogP contribution in [0.3, 0.4) is 0 Å². The number of carboxylic acids is 1. The summed E-state index contributed by atoms with van der Waals surface area (Å²) in [6.07, 6.45) is 3.29. The lowest BCUT2D eigenvalue weighted by Crippen LogP contribution is -2.23. The van der Waals surface area contributed by atoms with Crippen molar-refractivity contribution in [3.63, 3.8) is 0 Å². The third-order valence-corrected chi connectivity index (χ3v) is 3.76. The molecule has 3 rings (SSSR count). The molecule has 0 bridgehead atoms. The van der Waals surface area contributed by atoms with Crippen LogP contribution in [0.4, 0.5) is 0 Å². The van der Waals surface area contributed by atoms with E-state index in [9.17, 15) is 9.90 Å². The first-order valence-corrected chi connectivity index (χ1v) is 8.15. The van der Waals surface area contributed by atoms with Gasteiger partial charge < -0.3 is 19.4 Å². The molecule has 128 valence electrons. The number of hydrogen-bond donors (Lipinski definition) is 0. The zero-order valence-corrected chi connectivity index (χ0v) is 13.7. The number of rotatable bonds is 8. The number of carboxylic acid groups (broad SMARTS) is 1. The van der Waals surface area contributed by atoms with Crippen LogP contribution in [-0.4, -0.2) is 24.2 Å². The molecule has 0 saturated carbocycles. The Kier molecular flexibility index (Phi) is 5.46. The van der Waals surface area contributed by atoms with Gasteiger partial charge in [0.1, 0.15) is 17.0 Å². The van der Waals surface area contributed by atoms with Crippen LogP contribution in [0.15, 0.2) is 60.8 Å². The Balaban J connectivity index is 1.46. The van der Waals surface area contributed by atoms with Crippen molar-refractivity contribution < 1.29 is 19.4 Å². The maximum atomic E-state index is 11.0. The number of fused-ring (bicyclic) bond motifs is 1. The third-order valence-electron chi connectivity index (χ3n) is 3.76. The highest BCUT2D eigenvalue weighted by Crippen LogP contribution is 2.23. The summed E-state index contributed by atoms with van der Waals surface area (Å²) in [6.45, 7) is 0.961. The minimum Gasteiger partial charge on any atom is -0.545 e. The van der Waals surface area contributed by atoms with Crippen molar-refractivity contribution in [2.45, 2.75) is 12.8 Å². The minimum atomic E-state index is -1.23. The molecule has 0 spiro atoms. The quantitative estimate of drug-likeness (QED) is 0.592. The molecule has 3 aromatic rings. The van der Waals surface area contributed by atoms with Gasteiger partial charge in [-0.15, -0.1) is 0 Å². The van der Waals surface area contributed by atoms with E-state index >= 15 is 0 Å². The smallest absolute Gasteiger partial charge is 0.145 e. The van der Waals surface area contributed by atoms with E-state index in [-0.39, 0.29) is 5.56 Å². The molecule has 5 heteroatoms. The van der Waals surface area contributed by atoms with Crippen LogP contribution >= 0.6 is 0 Å². The molecule has 0 saturated heterocycles. The monoisotopic (exact) mass is 336 g/mol. The Morgan fingerprint density at radius 1 is 0.880 bits per heavy atom. The Morgan fingerprint density at radius 3 is 2.36 bits per heavy atom.